The normalized spacial score (nSPS) is 11.0. The molecule has 15 aromatic rings. The minimum absolute atomic E-state index is 0.604. The van der Waals surface area contributed by atoms with E-state index in [1.807, 2.05) is 167 Å². The molecule has 0 saturated heterocycles. The second kappa shape index (κ2) is 26.0. The van der Waals surface area contributed by atoms with Crippen molar-refractivity contribution in [3.63, 3.8) is 0 Å². The lowest BCUT2D eigenvalue weighted by atomic mass is 9.91. The maximum Gasteiger partial charge on any atom is 0.165 e. The number of pyridine rings is 2. The van der Waals surface area contributed by atoms with Gasteiger partial charge in [-0.3, -0.25) is 9.97 Å². The Morgan fingerprint density at radius 3 is 0.819 bits per heavy atom. The number of hydrogen-bond acceptors (Lipinski definition) is 10. The molecule has 15 rings (SSSR count). The van der Waals surface area contributed by atoms with Crippen molar-refractivity contribution in [1.82, 2.24) is 39.9 Å². The van der Waals surface area contributed by atoms with Crippen molar-refractivity contribution >= 4 is 21.5 Å². The van der Waals surface area contributed by atoms with Crippen LogP contribution in [0, 0.1) is 50.4 Å². The topological polar surface area (TPSA) is 151 Å². The molecule has 0 spiro atoms. The van der Waals surface area contributed by atoms with E-state index in [-0.39, 0.29) is 0 Å². The molecule has 94 heavy (non-hydrogen) atoms. The summed E-state index contributed by atoms with van der Waals surface area (Å²) in [5.41, 5.74) is 21.6. The Bertz CT molecular complexity index is 5410. The molecule has 0 aliphatic rings. The van der Waals surface area contributed by atoms with Gasteiger partial charge in [0.15, 0.2) is 34.9 Å². The molecule has 0 unspecified atom stereocenters. The molecule has 11 aromatic carbocycles. The van der Waals surface area contributed by atoms with Crippen LogP contribution in [0.25, 0.3) is 146 Å². The van der Waals surface area contributed by atoms with Gasteiger partial charge in [-0.1, -0.05) is 237 Å². The van der Waals surface area contributed by atoms with E-state index in [0.717, 1.165) is 128 Å². The van der Waals surface area contributed by atoms with Gasteiger partial charge in [0.05, 0.1) is 23.3 Å². The summed E-state index contributed by atoms with van der Waals surface area (Å²) in [4.78, 5) is 39.1. The Morgan fingerprint density at radius 1 is 0.202 bits per heavy atom. The van der Waals surface area contributed by atoms with Gasteiger partial charge in [-0.25, -0.2) is 29.9 Å². The average Bonchev–Trinajstić information content (AvgIpc) is 0.805. The quantitative estimate of drug-likeness (QED) is 0.122. The van der Waals surface area contributed by atoms with Gasteiger partial charge in [-0.15, -0.1) is 0 Å². The smallest absolute Gasteiger partial charge is 0.165 e. The van der Waals surface area contributed by atoms with Gasteiger partial charge in [0.25, 0.3) is 0 Å². The first-order chi connectivity index (χ1) is 46.1. The molecule has 0 N–H and O–H groups in total. The first-order valence-corrected chi connectivity index (χ1v) is 31.0. The first-order valence-electron chi connectivity index (χ1n) is 31.0. The molecule has 10 heteroatoms. The molecule has 0 saturated carbocycles. The summed E-state index contributed by atoms with van der Waals surface area (Å²) in [5.74, 6) is 3.67. The standard InChI is InChI=1S/C45H31N5.C39H27N5/c1-29-16-25-36(30(2)47-29)39-12-8-9-15-42(39)45-49-43(34-10-4-3-5-11-34)48-44(50-45)35-23-21-33(22-24-35)38-27-26-37(40-13-6-7-14-41(38)40)32-19-17-31(28-46)18-20-32;1-25-12-21-32(26(2)41-25)39-43-37(30-8-4-3-5-9-30)42-38(44-39)31-19-17-29(18-20-31)34-23-22-33(35-10-6-7-11-36(34)35)28-15-13-27(24-40)14-16-28/h3-27H,1-2H3;3-23H,1-2H3. The molecule has 444 valence electrons. The van der Waals surface area contributed by atoms with Crippen LogP contribution in [0.1, 0.15) is 33.9 Å². The van der Waals surface area contributed by atoms with E-state index >= 15 is 0 Å². The molecular weight excluding hydrogens is 1150 g/mol. The molecule has 0 aliphatic carbocycles. The predicted octanol–water partition coefficient (Wildman–Crippen LogP) is 20.2. The summed E-state index contributed by atoms with van der Waals surface area (Å²) in [7, 11) is 0. The van der Waals surface area contributed by atoms with Crippen molar-refractivity contribution in [3.05, 3.63) is 313 Å². The molecule has 0 atom stereocenters. The van der Waals surface area contributed by atoms with Gasteiger partial charge < -0.3 is 0 Å². The van der Waals surface area contributed by atoms with Crippen molar-refractivity contribution < 1.29 is 0 Å². The highest BCUT2D eigenvalue weighted by atomic mass is 15.0. The summed E-state index contributed by atoms with van der Waals surface area (Å²) < 4.78 is 0. The van der Waals surface area contributed by atoms with Crippen LogP contribution >= 0.6 is 0 Å². The number of aromatic nitrogens is 8. The van der Waals surface area contributed by atoms with Gasteiger partial charge in [-0.2, -0.15) is 10.5 Å². The van der Waals surface area contributed by atoms with Crippen molar-refractivity contribution in [2.24, 2.45) is 0 Å². The predicted molar refractivity (Wildman–Crippen MR) is 378 cm³/mol. The van der Waals surface area contributed by atoms with Crippen LogP contribution in [0.5, 0.6) is 0 Å². The SMILES string of the molecule is Cc1ccc(-c2ccccc2-c2nc(-c3ccccc3)nc(-c3ccc(-c4ccc(-c5ccc(C#N)cc5)c5ccccc45)cc3)n2)c(C)n1.Cc1ccc(-c2nc(-c3ccccc3)nc(-c3ccc(-c4ccc(-c5ccc(C#N)cc5)c5ccccc45)cc3)n2)c(C)n1. The fourth-order valence-corrected chi connectivity index (χ4v) is 12.1. The third kappa shape index (κ3) is 12.1. The van der Waals surface area contributed by atoms with Crippen LogP contribution in [0.15, 0.2) is 279 Å². The molecule has 10 nitrogen and oxygen atoms in total. The number of rotatable bonds is 11. The number of benzene rings is 11. The highest BCUT2D eigenvalue weighted by Crippen LogP contribution is 2.40. The van der Waals surface area contributed by atoms with Crippen LogP contribution in [0.4, 0.5) is 0 Å². The second-order valence-corrected chi connectivity index (χ2v) is 23.0. The summed E-state index contributed by atoms with van der Waals surface area (Å²) in [5, 5.41) is 23.1. The summed E-state index contributed by atoms with van der Waals surface area (Å²) in [6, 6.07) is 98.8. The molecule has 0 fully saturated rings. The molecule has 0 bridgehead atoms. The number of nitriles is 2. The minimum Gasteiger partial charge on any atom is -0.258 e. The monoisotopic (exact) mass is 1210 g/mol. The zero-order chi connectivity index (χ0) is 64.1. The van der Waals surface area contributed by atoms with Crippen molar-refractivity contribution in [2.45, 2.75) is 27.7 Å². The minimum atomic E-state index is 0.604. The first kappa shape index (κ1) is 58.9. The summed E-state index contributed by atoms with van der Waals surface area (Å²) >= 11 is 0. The van der Waals surface area contributed by atoms with Crippen LogP contribution in [-0.4, -0.2) is 39.9 Å². The fraction of sp³-hybridized carbons (Fsp3) is 0.0476. The summed E-state index contributed by atoms with van der Waals surface area (Å²) in [6.45, 7) is 8.02. The molecule has 4 aromatic heterocycles. The maximum atomic E-state index is 9.26. The molecular formula is C84H58N10. The van der Waals surface area contributed by atoms with Crippen LogP contribution in [-0.2, 0) is 0 Å². The second-order valence-electron chi connectivity index (χ2n) is 23.0. The van der Waals surface area contributed by atoms with Crippen LogP contribution in [0.3, 0.4) is 0 Å². The highest BCUT2D eigenvalue weighted by molar-refractivity contribution is 6.06. The fourth-order valence-electron chi connectivity index (χ4n) is 12.1. The average molecular weight is 1210 g/mol. The zero-order valence-electron chi connectivity index (χ0n) is 52.0. The van der Waals surface area contributed by atoms with E-state index in [0.29, 0.717) is 46.1 Å². The summed E-state index contributed by atoms with van der Waals surface area (Å²) in [6.07, 6.45) is 0. The third-order valence-electron chi connectivity index (χ3n) is 16.9. The van der Waals surface area contributed by atoms with Crippen molar-refractivity contribution in [1.29, 1.82) is 10.5 Å². The van der Waals surface area contributed by atoms with E-state index in [1.54, 1.807) is 0 Å². The van der Waals surface area contributed by atoms with E-state index in [2.05, 4.69) is 157 Å². The van der Waals surface area contributed by atoms with Crippen molar-refractivity contribution in [2.75, 3.05) is 0 Å². The van der Waals surface area contributed by atoms with Crippen LogP contribution in [0.2, 0.25) is 0 Å². The van der Waals surface area contributed by atoms with E-state index < -0.39 is 0 Å². The lowest BCUT2D eigenvalue weighted by molar-refractivity contribution is 1.05. The van der Waals surface area contributed by atoms with Gasteiger partial charge in [0.2, 0.25) is 0 Å². The number of hydrogen-bond donors (Lipinski definition) is 0. The lowest BCUT2D eigenvalue weighted by Gasteiger charge is -2.14. The Morgan fingerprint density at radius 2 is 0.468 bits per heavy atom. The van der Waals surface area contributed by atoms with E-state index in [4.69, 9.17) is 34.9 Å². The number of aryl methyl sites for hydroxylation is 4. The Hall–Kier alpha value is -12.8. The molecule has 0 amide bonds. The number of fused-ring (bicyclic) bond motifs is 2. The molecule has 0 aliphatic heterocycles. The van der Waals surface area contributed by atoms with Gasteiger partial charge in [-0.05, 0) is 142 Å². The zero-order valence-corrected chi connectivity index (χ0v) is 52.0. The Labute approximate surface area is 545 Å². The maximum absolute atomic E-state index is 9.26. The van der Waals surface area contributed by atoms with Crippen molar-refractivity contribution in [3.8, 4) is 136 Å². The van der Waals surface area contributed by atoms with Gasteiger partial charge in [0.1, 0.15) is 0 Å². The number of nitrogens with zero attached hydrogens (tertiary/aromatic N) is 10. The van der Waals surface area contributed by atoms with E-state index in [9.17, 15) is 10.5 Å². The van der Waals surface area contributed by atoms with Crippen LogP contribution < -0.4 is 0 Å². The lowest BCUT2D eigenvalue weighted by Crippen LogP contribution is -2.02. The third-order valence-corrected chi connectivity index (χ3v) is 16.9. The molecule has 0 radical (unpaired) electrons. The Balaban J connectivity index is 0.000000164. The molecule has 4 heterocycles. The van der Waals surface area contributed by atoms with Gasteiger partial charge >= 0.3 is 0 Å². The van der Waals surface area contributed by atoms with E-state index in [1.165, 1.54) is 5.39 Å². The Kier molecular flexibility index (Phi) is 16.3. The highest BCUT2D eigenvalue weighted by Gasteiger charge is 2.20. The van der Waals surface area contributed by atoms with Gasteiger partial charge in [0, 0.05) is 61.7 Å². The largest absolute Gasteiger partial charge is 0.258 e.